The summed E-state index contributed by atoms with van der Waals surface area (Å²) in [6.07, 6.45) is 0. The average molecular weight is 416 g/mol. The van der Waals surface area contributed by atoms with E-state index in [4.69, 9.17) is 19.2 Å². The summed E-state index contributed by atoms with van der Waals surface area (Å²) in [7, 11) is -5.39. The molecule has 0 heterocycles. The van der Waals surface area contributed by atoms with Crippen LogP contribution in [-0.4, -0.2) is 0 Å². The third kappa shape index (κ3) is 233. The average Bonchev–Trinajstić information content (AvgIpc) is 0.722. The van der Waals surface area contributed by atoms with Crippen LogP contribution in [0.1, 0.15) is 0 Å². The van der Waals surface area contributed by atoms with Crippen LogP contribution in [0.4, 0.5) is 0 Å². The maximum atomic E-state index is 8.55. The second kappa shape index (κ2) is 91.4. The minimum absolute atomic E-state index is 0. The van der Waals surface area contributed by atoms with Crippen LogP contribution in [0, 0.1) is 0 Å². The normalized spacial score (nSPS) is 2.95. The molecule has 0 spiro atoms. The number of halogens is 6. The fourth-order valence-corrected chi connectivity index (χ4v) is 0. The minimum atomic E-state index is -5.39. The second-order valence-corrected chi connectivity index (χ2v) is 1.34. The molecule has 0 aliphatic heterocycles. The van der Waals surface area contributed by atoms with Gasteiger partial charge in [-0.2, -0.15) is 7.82 Å². The molecule has 80 valence electrons. The van der Waals surface area contributed by atoms with Crippen LogP contribution in [-0.2, 0) is 4.57 Å². The Morgan fingerprint density at radius 1 is 0.400 bits per heavy atom. The first-order valence-corrected chi connectivity index (χ1v) is 2.19. The Kier molecular flexibility index (Phi) is 624. The molecule has 0 bridgehead atoms. The standard InChI is InChI=1S/6FH.9Na.H3O4P/c;;;;;;;;;;;;;;;1-5(2,3)4/h6*1H;;;;;;;;;;(H3,1,2,3,4)/q;;;;;;9*+1;/p-9. The molecule has 20 heteroatoms. The molecular formula is F6Na9O4P. The van der Waals surface area contributed by atoms with Crippen LogP contribution in [0.3, 0.4) is 0 Å². The second-order valence-electron chi connectivity index (χ2n) is 0.447. The van der Waals surface area contributed by atoms with E-state index < -0.39 is 7.82 Å². The molecule has 0 amide bonds. The van der Waals surface area contributed by atoms with Gasteiger partial charge in [0.2, 0.25) is 0 Å². The fraction of sp³-hybridized carbons (Fsp3) is 0. The summed E-state index contributed by atoms with van der Waals surface area (Å²) in [6.45, 7) is 0. The van der Waals surface area contributed by atoms with Gasteiger partial charge < -0.3 is 47.5 Å². The minimum Gasteiger partial charge on any atom is -1.00 e. The summed E-state index contributed by atoms with van der Waals surface area (Å²) < 4.78 is 8.55. The first kappa shape index (κ1) is 137. The van der Waals surface area contributed by atoms with Crippen LogP contribution in [0.2, 0.25) is 0 Å². The maximum Gasteiger partial charge on any atom is 1.00 e. The predicted octanol–water partition coefficient (Wildman–Crippen LogP) is -47.8. The largest absolute Gasteiger partial charge is 1.00 e. The molecule has 0 aromatic rings. The molecule has 0 saturated carbocycles. The molecule has 0 aromatic carbocycles. The van der Waals surface area contributed by atoms with Crippen molar-refractivity contribution in [1.29, 1.82) is 0 Å². The molecule has 0 atom stereocenters. The Balaban J connectivity index is -0.000000000762. The molecule has 4 nitrogen and oxygen atoms in total. The van der Waals surface area contributed by atoms with Gasteiger partial charge in [0, 0.05) is 0 Å². The zero-order valence-corrected chi connectivity index (χ0v) is 32.2. The van der Waals surface area contributed by atoms with E-state index in [1.165, 1.54) is 0 Å². The molecule has 0 rings (SSSR count). The van der Waals surface area contributed by atoms with E-state index in [1.54, 1.807) is 0 Å². The predicted molar refractivity (Wildman–Crippen MR) is 7.61 cm³/mol. The van der Waals surface area contributed by atoms with Crippen molar-refractivity contribution in [2.45, 2.75) is 0 Å². The fourth-order valence-electron chi connectivity index (χ4n) is 0. The Labute approximate surface area is 312 Å². The van der Waals surface area contributed by atoms with E-state index in [2.05, 4.69) is 0 Å². The van der Waals surface area contributed by atoms with E-state index in [1.807, 2.05) is 0 Å². The van der Waals surface area contributed by atoms with E-state index in [-0.39, 0.29) is 294 Å². The summed E-state index contributed by atoms with van der Waals surface area (Å²) in [6, 6.07) is 0. The van der Waals surface area contributed by atoms with Crippen LogP contribution in [0.15, 0.2) is 0 Å². The van der Waals surface area contributed by atoms with Gasteiger partial charge in [-0.15, -0.1) is 0 Å². The molecular weight excluding hydrogens is 416 g/mol. The Bertz CT molecular complexity index is 80.6. The zero-order valence-electron chi connectivity index (χ0n) is 13.3. The topological polar surface area (TPSA) is 86.2 Å². The number of hydrogen-bond donors (Lipinski definition) is 0. The molecule has 0 aromatic heterocycles. The molecule has 0 N–H and O–H groups in total. The maximum absolute atomic E-state index is 8.55. The van der Waals surface area contributed by atoms with Crippen LogP contribution in [0.25, 0.3) is 0 Å². The third-order valence-electron chi connectivity index (χ3n) is 0. The SMILES string of the molecule is O=P([O-])([O-])[O-].[F-].[F-].[F-].[F-].[F-].[F-].[Na+].[Na+].[Na+].[Na+].[Na+].[Na+].[Na+].[Na+].[Na+]. The van der Waals surface area contributed by atoms with Gasteiger partial charge in [-0.1, -0.05) is 0 Å². The quantitative estimate of drug-likeness (QED) is 0.223. The van der Waals surface area contributed by atoms with Crippen LogP contribution >= 0.6 is 7.82 Å². The summed E-state index contributed by atoms with van der Waals surface area (Å²) in [5.41, 5.74) is 0. The van der Waals surface area contributed by atoms with Crippen molar-refractivity contribution >= 4 is 7.82 Å². The van der Waals surface area contributed by atoms with Gasteiger partial charge in [0.25, 0.3) is 0 Å². The molecule has 0 radical (unpaired) electrons. The van der Waals surface area contributed by atoms with Crippen molar-refractivity contribution in [2.24, 2.45) is 0 Å². The van der Waals surface area contributed by atoms with E-state index >= 15 is 0 Å². The van der Waals surface area contributed by atoms with Crippen LogP contribution < -0.4 is 309 Å². The van der Waals surface area contributed by atoms with E-state index in [0.717, 1.165) is 0 Å². The number of phosphoric acid groups is 1. The molecule has 0 aliphatic carbocycles. The molecule has 20 heavy (non-hydrogen) atoms. The van der Waals surface area contributed by atoms with E-state index in [9.17, 15) is 0 Å². The Hall–Kier alpha value is 8.69. The van der Waals surface area contributed by atoms with Crippen molar-refractivity contribution in [1.82, 2.24) is 0 Å². The van der Waals surface area contributed by atoms with Crippen molar-refractivity contribution in [3.63, 3.8) is 0 Å². The Morgan fingerprint density at radius 2 is 0.400 bits per heavy atom. The van der Waals surface area contributed by atoms with Gasteiger partial charge in [0.1, 0.15) is 0 Å². The molecule has 0 saturated heterocycles. The summed E-state index contributed by atoms with van der Waals surface area (Å²) >= 11 is 0. The van der Waals surface area contributed by atoms with Crippen molar-refractivity contribution < 1.29 is 313 Å². The molecule has 0 fully saturated rings. The van der Waals surface area contributed by atoms with Crippen molar-refractivity contribution in [3.8, 4) is 0 Å². The summed E-state index contributed by atoms with van der Waals surface area (Å²) in [5, 5.41) is 0. The van der Waals surface area contributed by atoms with E-state index in [0.29, 0.717) is 0 Å². The molecule has 0 aliphatic rings. The van der Waals surface area contributed by atoms with Gasteiger partial charge in [-0.25, -0.2) is 0 Å². The third-order valence-corrected chi connectivity index (χ3v) is 0. The van der Waals surface area contributed by atoms with Gasteiger partial charge in [0.15, 0.2) is 0 Å². The number of rotatable bonds is 0. The molecule has 0 unspecified atom stereocenters. The first-order valence-electron chi connectivity index (χ1n) is 0.730. The monoisotopic (exact) mass is 416 g/mol. The van der Waals surface area contributed by atoms with Gasteiger partial charge >= 0.3 is 266 Å². The smallest absolute Gasteiger partial charge is 1.00 e. The first-order chi connectivity index (χ1) is 2.00. The van der Waals surface area contributed by atoms with Crippen molar-refractivity contribution in [2.75, 3.05) is 0 Å². The summed E-state index contributed by atoms with van der Waals surface area (Å²) in [5.74, 6) is 0. The van der Waals surface area contributed by atoms with Gasteiger partial charge in [-0.05, 0) is 0 Å². The summed E-state index contributed by atoms with van der Waals surface area (Å²) in [4.78, 5) is 25.6. The van der Waals surface area contributed by atoms with Gasteiger partial charge in [0.05, 0.1) is 0 Å². The number of hydrogen-bond acceptors (Lipinski definition) is 4. The Morgan fingerprint density at radius 3 is 0.400 bits per heavy atom. The zero-order chi connectivity index (χ0) is 4.50. The van der Waals surface area contributed by atoms with Crippen LogP contribution in [0.5, 0.6) is 0 Å². The van der Waals surface area contributed by atoms with Crippen molar-refractivity contribution in [3.05, 3.63) is 0 Å². The van der Waals surface area contributed by atoms with Gasteiger partial charge in [-0.3, -0.25) is 0 Å².